The maximum atomic E-state index is 6.24. The van der Waals surface area contributed by atoms with E-state index in [0.29, 0.717) is 6.54 Å². The van der Waals surface area contributed by atoms with Crippen molar-refractivity contribution in [1.82, 2.24) is 25.0 Å². The Labute approximate surface area is 160 Å². The van der Waals surface area contributed by atoms with E-state index in [0.717, 1.165) is 38.1 Å². The zero-order valence-electron chi connectivity index (χ0n) is 14.1. The maximum absolute atomic E-state index is 6.24. The van der Waals surface area contributed by atoms with Gasteiger partial charge in [0.1, 0.15) is 11.4 Å². The Bertz CT molecular complexity index is 1050. The van der Waals surface area contributed by atoms with Crippen molar-refractivity contribution in [1.29, 1.82) is 0 Å². The molecule has 130 valence electrons. The van der Waals surface area contributed by atoms with Crippen LogP contribution in [0.1, 0.15) is 16.7 Å². The van der Waals surface area contributed by atoms with Gasteiger partial charge in [-0.05, 0) is 24.1 Å². The van der Waals surface area contributed by atoms with Gasteiger partial charge in [0.2, 0.25) is 0 Å². The van der Waals surface area contributed by atoms with Gasteiger partial charge in [0.15, 0.2) is 11.2 Å². The minimum absolute atomic E-state index is 0.627. The van der Waals surface area contributed by atoms with Gasteiger partial charge >= 0.3 is 0 Å². The summed E-state index contributed by atoms with van der Waals surface area (Å²) in [5, 5.41) is 10.1. The Morgan fingerprint density at radius 3 is 2.65 bits per heavy atom. The van der Waals surface area contributed by atoms with Gasteiger partial charge in [-0.3, -0.25) is 0 Å². The van der Waals surface area contributed by atoms with Gasteiger partial charge in [-0.1, -0.05) is 76.6 Å². The molecule has 0 saturated heterocycles. The van der Waals surface area contributed by atoms with Crippen LogP contribution in [-0.2, 0) is 12.3 Å². The van der Waals surface area contributed by atoms with Crippen LogP contribution in [0, 0.1) is 6.92 Å². The molecule has 4 aromatic rings. The highest BCUT2D eigenvalue weighted by Gasteiger charge is 2.13. The van der Waals surface area contributed by atoms with E-state index in [9.17, 15) is 0 Å². The lowest BCUT2D eigenvalue weighted by Gasteiger charge is -2.05. The van der Waals surface area contributed by atoms with Gasteiger partial charge in [-0.15, -0.1) is 5.10 Å². The predicted molar refractivity (Wildman–Crippen MR) is 104 cm³/mol. The molecule has 0 aliphatic heterocycles. The SMILES string of the molecule is Cc1ccc(Cn2nnc3c(SCc4ccccc4Cl)ncnc32)cc1. The van der Waals surface area contributed by atoms with Crippen molar-refractivity contribution in [2.45, 2.75) is 24.2 Å². The van der Waals surface area contributed by atoms with E-state index in [4.69, 9.17) is 11.6 Å². The van der Waals surface area contributed by atoms with E-state index in [-0.39, 0.29) is 0 Å². The standard InChI is InChI=1S/C19H16ClN5S/c1-13-6-8-14(9-7-13)10-25-18-17(23-24-25)19(22-12-21-18)26-11-15-4-2-3-5-16(15)20/h2-9,12H,10-11H2,1H3. The van der Waals surface area contributed by atoms with Gasteiger partial charge in [-0.2, -0.15) is 0 Å². The Morgan fingerprint density at radius 2 is 1.85 bits per heavy atom. The second kappa shape index (κ2) is 7.43. The monoisotopic (exact) mass is 381 g/mol. The summed E-state index contributed by atoms with van der Waals surface area (Å²) in [6.07, 6.45) is 1.56. The van der Waals surface area contributed by atoms with Crippen LogP contribution in [0.2, 0.25) is 5.02 Å². The summed E-state index contributed by atoms with van der Waals surface area (Å²) in [7, 11) is 0. The molecule has 2 heterocycles. The molecule has 2 aromatic carbocycles. The summed E-state index contributed by atoms with van der Waals surface area (Å²) in [6, 6.07) is 16.2. The summed E-state index contributed by atoms with van der Waals surface area (Å²) in [6.45, 7) is 2.70. The highest BCUT2D eigenvalue weighted by atomic mass is 35.5. The van der Waals surface area contributed by atoms with E-state index < -0.39 is 0 Å². The van der Waals surface area contributed by atoms with Crippen molar-refractivity contribution in [3.63, 3.8) is 0 Å². The minimum Gasteiger partial charge on any atom is -0.227 e. The molecule has 0 aliphatic rings. The third-order valence-corrected chi connectivity index (χ3v) is 5.44. The number of halogens is 1. The van der Waals surface area contributed by atoms with Crippen molar-refractivity contribution in [3.8, 4) is 0 Å². The number of rotatable bonds is 5. The molecule has 0 bridgehead atoms. The zero-order valence-corrected chi connectivity index (χ0v) is 15.7. The van der Waals surface area contributed by atoms with Gasteiger partial charge < -0.3 is 0 Å². The van der Waals surface area contributed by atoms with Crippen LogP contribution in [-0.4, -0.2) is 25.0 Å². The van der Waals surface area contributed by atoms with Crippen molar-refractivity contribution in [3.05, 3.63) is 76.6 Å². The van der Waals surface area contributed by atoms with Gasteiger partial charge in [0.05, 0.1) is 6.54 Å². The lowest BCUT2D eigenvalue weighted by Crippen LogP contribution is -2.03. The average Bonchev–Trinajstić information content (AvgIpc) is 3.06. The van der Waals surface area contributed by atoms with Crippen LogP contribution in [0.15, 0.2) is 59.9 Å². The third-order valence-electron chi connectivity index (χ3n) is 4.04. The maximum Gasteiger partial charge on any atom is 0.183 e. The van der Waals surface area contributed by atoms with Crippen LogP contribution >= 0.6 is 23.4 Å². The van der Waals surface area contributed by atoms with Crippen LogP contribution in [0.25, 0.3) is 11.2 Å². The molecule has 0 spiro atoms. The predicted octanol–water partition coefficient (Wildman–Crippen LogP) is 4.52. The van der Waals surface area contributed by atoms with Crippen LogP contribution in [0.3, 0.4) is 0 Å². The number of fused-ring (bicyclic) bond motifs is 1. The summed E-state index contributed by atoms with van der Waals surface area (Å²) >= 11 is 7.82. The fraction of sp³-hybridized carbons (Fsp3) is 0.158. The lowest BCUT2D eigenvalue weighted by molar-refractivity contribution is 0.664. The van der Waals surface area contributed by atoms with E-state index in [1.165, 1.54) is 5.56 Å². The Kier molecular flexibility index (Phi) is 4.86. The number of nitrogens with zero attached hydrogens (tertiary/aromatic N) is 5. The molecular weight excluding hydrogens is 366 g/mol. The Morgan fingerprint density at radius 1 is 1.04 bits per heavy atom. The molecule has 0 unspecified atom stereocenters. The molecule has 0 fully saturated rings. The van der Waals surface area contributed by atoms with E-state index in [1.54, 1.807) is 22.8 Å². The summed E-state index contributed by atoms with van der Waals surface area (Å²) in [5.74, 6) is 0.719. The first-order chi connectivity index (χ1) is 12.7. The van der Waals surface area contributed by atoms with Crippen molar-refractivity contribution >= 4 is 34.5 Å². The van der Waals surface area contributed by atoms with Crippen molar-refractivity contribution < 1.29 is 0 Å². The molecule has 0 saturated carbocycles. The minimum atomic E-state index is 0.627. The average molecular weight is 382 g/mol. The van der Waals surface area contributed by atoms with Crippen LogP contribution < -0.4 is 0 Å². The van der Waals surface area contributed by atoms with E-state index in [1.807, 2.05) is 24.3 Å². The first kappa shape index (κ1) is 17.0. The highest BCUT2D eigenvalue weighted by molar-refractivity contribution is 7.98. The molecule has 5 nitrogen and oxygen atoms in total. The molecule has 7 heteroatoms. The molecule has 26 heavy (non-hydrogen) atoms. The number of hydrogen-bond acceptors (Lipinski definition) is 5. The molecule has 0 amide bonds. The number of aromatic nitrogens is 5. The second-order valence-corrected chi connectivity index (χ2v) is 7.34. The number of aryl methyl sites for hydroxylation is 1. The summed E-state index contributed by atoms with van der Waals surface area (Å²) < 4.78 is 1.81. The molecule has 0 N–H and O–H groups in total. The molecular formula is C19H16ClN5S. The van der Waals surface area contributed by atoms with Crippen LogP contribution in [0.5, 0.6) is 0 Å². The molecule has 0 aliphatic carbocycles. The van der Waals surface area contributed by atoms with E-state index >= 15 is 0 Å². The van der Waals surface area contributed by atoms with Crippen LogP contribution in [0.4, 0.5) is 0 Å². The fourth-order valence-electron chi connectivity index (χ4n) is 2.61. The highest BCUT2D eigenvalue weighted by Crippen LogP contribution is 2.28. The smallest absolute Gasteiger partial charge is 0.183 e. The number of thioether (sulfide) groups is 1. The zero-order chi connectivity index (χ0) is 17.9. The second-order valence-electron chi connectivity index (χ2n) is 5.96. The number of benzene rings is 2. The normalized spacial score (nSPS) is 11.2. The molecule has 0 atom stereocenters. The van der Waals surface area contributed by atoms with E-state index in [2.05, 4.69) is 51.5 Å². The lowest BCUT2D eigenvalue weighted by atomic mass is 10.1. The van der Waals surface area contributed by atoms with Gasteiger partial charge in [0.25, 0.3) is 0 Å². The van der Waals surface area contributed by atoms with Crippen molar-refractivity contribution in [2.75, 3.05) is 0 Å². The summed E-state index contributed by atoms with van der Waals surface area (Å²) in [4.78, 5) is 8.75. The largest absolute Gasteiger partial charge is 0.227 e. The fourth-order valence-corrected chi connectivity index (χ4v) is 3.83. The molecule has 0 radical (unpaired) electrons. The Balaban J connectivity index is 1.58. The Hall–Kier alpha value is -2.44. The van der Waals surface area contributed by atoms with Gasteiger partial charge in [-0.25, -0.2) is 14.6 Å². The summed E-state index contributed by atoms with van der Waals surface area (Å²) in [5.41, 5.74) is 4.92. The molecule has 4 rings (SSSR count). The first-order valence-corrected chi connectivity index (χ1v) is 9.53. The first-order valence-electron chi connectivity index (χ1n) is 8.16. The number of hydrogen-bond donors (Lipinski definition) is 0. The van der Waals surface area contributed by atoms with Gasteiger partial charge in [0, 0.05) is 10.8 Å². The third kappa shape index (κ3) is 3.57. The molecule has 2 aromatic heterocycles. The topological polar surface area (TPSA) is 56.5 Å². The van der Waals surface area contributed by atoms with Crippen molar-refractivity contribution in [2.24, 2.45) is 0 Å². The quantitative estimate of drug-likeness (QED) is 0.375.